The molecule has 0 bridgehead atoms. The van der Waals surface area contributed by atoms with Crippen molar-refractivity contribution in [2.45, 2.75) is 20.6 Å². The number of halogens is 1. The SMILES string of the molecule is C.CO.O=C(COCCO)Oc1ccccc1.O=C(COCCOCc1ccccc1)Oc1ccccc1.O=C(Cl)COCCOCc1ccccc1.Oc1ccccc1. The minimum Gasteiger partial charge on any atom is -0.508 e. The molecule has 0 aliphatic rings. The van der Waals surface area contributed by atoms with Gasteiger partial charge in [-0.3, -0.25) is 4.79 Å². The van der Waals surface area contributed by atoms with Crippen molar-refractivity contribution >= 4 is 28.8 Å². The number of aliphatic hydroxyl groups excluding tert-OH is 2. The number of para-hydroxylation sites is 3. The van der Waals surface area contributed by atoms with E-state index in [1.807, 2.05) is 78.9 Å². The summed E-state index contributed by atoms with van der Waals surface area (Å²) in [5, 5.41) is 23.5. The fourth-order valence-corrected chi connectivity index (χ4v) is 4.10. The first kappa shape index (κ1) is 54.5. The third kappa shape index (κ3) is 32.5. The fourth-order valence-electron chi connectivity index (χ4n) is 4.02. The molecule has 0 aliphatic carbocycles. The molecule has 0 aliphatic heterocycles. The van der Waals surface area contributed by atoms with Gasteiger partial charge in [0.2, 0.25) is 5.24 Å². The maximum atomic E-state index is 11.5. The van der Waals surface area contributed by atoms with Gasteiger partial charge in [0.05, 0.1) is 52.9 Å². The molecule has 0 aromatic heterocycles. The molecule has 0 atom stereocenters. The third-order valence-corrected chi connectivity index (χ3v) is 6.67. The lowest BCUT2D eigenvalue weighted by Crippen LogP contribution is -2.17. The van der Waals surface area contributed by atoms with E-state index in [1.165, 1.54) is 0 Å². The van der Waals surface area contributed by atoms with Crippen LogP contribution in [0.15, 0.2) is 152 Å². The smallest absolute Gasteiger partial charge is 0.337 e. The summed E-state index contributed by atoms with van der Waals surface area (Å²) in [6.45, 7) is 2.49. The van der Waals surface area contributed by atoms with E-state index in [1.54, 1.807) is 72.8 Å². The van der Waals surface area contributed by atoms with Crippen LogP contribution in [0.3, 0.4) is 0 Å². The Morgan fingerprint density at radius 2 is 0.783 bits per heavy atom. The van der Waals surface area contributed by atoms with E-state index in [0.29, 0.717) is 56.9 Å². The topological polar surface area (TPSA) is 177 Å². The Morgan fingerprint density at radius 1 is 0.467 bits per heavy atom. The van der Waals surface area contributed by atoms with E-state index in [2.05, 4.69) is 0 Å². The van der Waals surface area contributed by atoms with Crippen molar-refractivity contribution in [1.82, 2.24) is 0 Å². The van der Waals surface area contributed by atoms with Crippen LogP contribution in [0.5, 0.6) is 17.2 Å². The molecule has 5 aromatic carbocycles. The summed E-state index contributed by atoms with van der Waals surface area (Å²) in [6, 6.07) is 46.1. The minimum absolute atomic E-state index is 0. The summed E-state index contributed by atoms with van der Waals surface area (Å²) in [7, 11) is 1.00. The maximum Gasteiger partial charge on any atom is 0.337 e. The number of rotatable bonds is 20. The van der Waals surface area contributed by atoms with Crippen molar-refractivity contribution in [2.75, 3.05) is 66.6 Å². The first-order valence-electron chi connectivity index (χ1n) is 18.3. The van der Waals surface area contributed by atoms with E-state index in [4.69, 9.17) is 60.1 Å². The van der Waals surface area contributed by atoms with Crippen LogP contribution in [-0.4, -0.2) is 99.1 Å². The summed E-state index contributed by atoms with van der Waals surface area (Å²) < 4.78 is 35.7. The van der Waals surface area contributed by atoms with Crippen molar-refractivity contribution in [3.05, 3.63) is 163 Å². The van der Waals surface area contributed by atoms with Gasteiger partial charge in [0.1, 0.15) is 37.1 Å². The van der Waals surface area contributed by atoms with Crippen LogP contribution in [0.1, 0.15) is 18.6 Å². The van der Waals surface area contributed by atoms with E-state index in [0.717, 1.165) is 18.2 Å². The molecule has 0 saturated heterocycles. The number of ether oxygens (including phenoxy) is 7. The van der Waals surface area contributed by atoms with Gasteiger partial charge in [-0.15, -0.1) is 0 Å². The molecular weight excluding hydrogens is 796 g/mol. The van der Waals surface area contributed by atoms with Gasteiger partial charge in [-0.1, -0.05) is 123 Å². The zero-order chi connectivity index (χ0) is 43.0. The average Bonchev–Trinajstić information content (AvgIpc) is 3.26. The third-order valence-electron chi connectivity index (χ3n) is 6.56. The number of benzene rings is 5. The number of aliphatic hydroxyl groups is 2. The molecule has 14 heteroatoms. The summed E-state index contributed by atoms with van der Waals surface area (Å²) >= 11 is 5.08. The van der Waals surface area contributed by atoms with E-state index < -0.39 is 17.2 Å². The molecule has 60 heavy (non-hydrogen) atoms. The van der Waals surface area contributed by atoms with Crippen LogP contribution >= 0.6 is 11.6 Å². The normalized spacial score (nSPS) is 9.53. The predicted octanol–water partition coefficient (Wildman–Crippen LogP) is 7.05. The van der Waals surface area contributed by atoms with Gasteiger partial charge < -0.3 is 48.5 Å². The first-order valence-corrected chi connectivity index (χ1v) is 18.7. The fraction of sp³-hybridized carbons (Fsp3) is 0.283. The van der Waals surface area contributed by atoms with Crippen LogP contribution in [0, 0.1) is 0 Å². The summed E-state index contributed by atoms with van der Waals surface area (Å²) in [4.78, 5) is 32.8. The van der Waals surface area contributed by atoms with E-state index >= 15 is 0 Å². The number of hydrogen-bond acceptors (Lipinski definition) is 13. The zero-order valence-corrected chi connectivity index (χ0v) is 33.8. The maximum absolute atomic E-state index is 11.5. The van der Waals surface area contributed by atoms with E-state index in [-0.39, 0.29) is 40.5 Å². The quantitative estimate of drug-likeness (QED) is 0.0315. The highest BCUT2D eigenvalue weighted by molar-refractivity contribution is 6.63. The number of esters is 2. The molecule has 0 spiro atoms. The van der Waals surface area contributed by atoms with E-state index in [9.17, 15) is 14.4 Å². The Morgan fingerprint density at radius 3 is 1.12 bits per heavy atom. The molecule has 0 heterocycles. The number of phenolic OH excluding ortho intramolecular Hbond substituents is 1. The molecule has 0 fully saturated rings. The van der Waals surface area contributed by atoms with Gasteiger partial charge in [0.15, 0.2) is 0 Å². The van der Waals surface area contributed by atoms with Crippen molar-refractivity contribution < 1.29 is 62.9 Å². The summed E-state index contributed by atoms with van der Waals surface area (Å²) in [6.07, 6.45) is 0. The minimum atomic E-state index is -0.488. The second kappa shape index (κ2) is 39.0. The van der Waals surface area contributed by atoms with Crippen molar-refractivity contribution in [3.8, 4) is 17.2 Å². The zero-order valence-electron chi connectivity index (χ0n) is 33.0. The molecule has 13 nitrogen and oxygen atoms in total. The van der Waals surface area contributed by atoms with Crippen LogP contribution < -0.4 is 9.47 Å². The highest BCUT2D eigenvalue weighted by Gasteiger charge is 2.05. The lowest BCUT2D eigenvalue weighted by Gasteiger charge is -2.06. The Kier molecular flexibility index (Phi) is 35.4. The number of carbonyl (C=O) groups is 3. The molecule has 5 rings (SSSR count). The monoisotopic (exact) mass is 852 g/mol. The van der Waals surface area contributed by atoms with Crippen LogP contribution in [0.25, 0.3) is 0 Å². The average molecular weight is 853 g/mol. The Labute approximate surface area is 357 Å². The lowest BCUT2D eigenvalue weighted by molar-refractivity contribution is -0.140. The first-order chi connectivity index (χ1) is 28.9. The van der Waals surface area contributed by atoms with Gasteiger partial charge in [-0.2, -0.15) is 0 Å². The highest BCUT2D eigenvalue weighted by Crippen LogP contribution is 2.09. The Hall–Kier alpha value is -5.48. The molecule has 0 amide bonds. The van der Waals surface area contributed by atoms with Gasteiger partial charge in [0, 0.05) is 7.11 Å². The molecule has 0 unspecified atom stereocenters. The second-order valence-corrected chi connectivity index (χ2v) is 11.6. The molecular formula is C46H57ClO13. The van der Waals surface area contributed by atoms with Crippen LogP contribution in [0.4, 0.5) is 0 Å². The predicted molar refractivity (Wildman–Crippen MR) is 230 cm³/mol. The van der Waals surface area contributed by atoms with Crippen molar-refractivity contribution in [2.24, 2.45) is 0 Å². The Balaban J connectivity index is 0.000000797. The molecule has 0 radical (unpaired) electrons. The molecule has 0 saturated carbocycles. The molecule has 326 valence electrons. The summed E-state index contributed by atoms with van der Waals surface area (Å²) in [5.74, 6) is 0.452. The number of phenols is 1. The van der Waals surface area contributed by atoms with Gasteiger partial charge in [0.25, 0.3) is 0 Å². The van der Waals surface area contributed by atoms with Gasteiger partial charge >= 0.3 is 11.9 Å². The molecule has 5 aromatic rings. The van der Waals surface area contributed by atoms with Crippen molar-refractivity contribution in [1.29, 1.82) is 0 Å². The lowest BCUT2D eigenvalue weighted by atomic mass is 10.2. The number of aromatic hydroxyl groups is 1. The highest BCUT2D eigenvalue weighted by atomic mass is 35.5. The standard InChI is InChI=1S/C17H18O4.C11H13ClO3.C10H12O4.C6H6O.CH4O.CH4/c18-17(21-16-9-5-2-6-10-16)14-20-12-11-19-13-15-7-3-1-4-8-15;12-11(13)9-15-7-6-14-8-10-4-2-1-3-5-10;11-6-7-13-8-10(12)14-9-4-2-1-3-5-9;7-6-4-2-1-3-5-6;1-2;/h1-10H,11-14H2;1-5H,6-9H2;1-5,11H,6-8H2;1-5,7H;2H,1H3;1H4. The van der Waals surface area contributed by atoms with Crippen LogP contribution in [0.2, 0.25) is 0 Å². The van der Waals surface area contributed by atoms with Crippen molar-refractivity contribution in [3.63, 3.8) is 0 Å². The summed E-state index contributed by atoms with van der Waals surface area (Å²) in [5.41, 5.74) is 2.23. The molecule has 3 N–H and O–H groups in total. The number of carbonyl (C=O) groups excluding carboxylic acids is 3. The van der Waals surface area contributed by atoms with Gasteiger partial charge in [-0.05, 0) is 59.1 Å². The van der Waals surface area contributed by atoms with Crippen LogP contribution in [-0.2, 0) is 51.3 Å². The Bertz CT molecular complexity index is 1720. The number of hydrogen-bond donors (Lipinski definition) is 3. The largest absolute Gasteiger partial charge is 0.508 e. The second-order valence-electron chi connectivity index (χ2n) is 11.2. The van der Waals surface area contributed by atoms with Gasteiger partial charge in [-0.25, -0.2) is 9.59 Å².